The smallest absolute Gasteiger partial charge is 0.306 e. The first kappa shape index (κ1) is 29.5. The molecule has 0 fully saturated rings. The third kappa shape index (κ3) is 9.71. The minimum atomic E-state index is -0.741. The summed E-state index contributed by atoms with van der Waals surface area (Å²) < 4.78 is 0. The van der Waals surface area contributed by atoms with Crippen LogP contribution in [-0.4, -0.2) is 16.2 Å². The highest BCUT2D eigenvalue weighted by atomic mass is 16.4. The van der Waals surface area contributed by atoms with Crippen LogP contribution in [0.25, 0.3) is 0 Å². The molecule has 0 aliphatic heterocycles. The van der Waals surface area contributed by atoms with Crippen LogP contribution in [-0.2, 0) is 15.6 Å². The Labute approximate surface area is 204 Å². The predicted octanol–water partition coefficient (Wildman–Crippen LogP) is 9.10. The molecule has 0 aliphatic carbocycles. The quantitative estimate of drug-likeness (QED) is 0.272. The second-order valence-corrected chi connectivity index (χ2v) is 12.2. The lowest BCUT2D eigenvalue weighted by Crippen LogP contribution is -2.22. The molecule has 0 spiro atoms. The molecule has 3 heteroatoms. The van der Waals surface area contributed by atoms with Gasteiger partial charge in [-0.1, -0.05) is 132 Å². The van der Waals surface area contributed by atoms with Crippen molar-refractivity contribution in [3.8, 4) is 5.75 Å². The second-order valence-electron chi connectivity index (χ2n) is 12.2. The first-order valence-corrected chi connectivity index (χ1v) is 13.4. The van der Waals surface area contributed by atoms with E-state index in [1.165, 1.54) is 51.4 Å². The first-order chi connectivity index (χ1) is 15.3. The number of rotatable bonds is 14. The fourth-order valence-corrected chi connectivity index (χ4v) is 4.74. The van der Waals surface area contributed by atoms with Crippen LogP contribution in [0.5, 0.6) is 5.75 Å². The number of carboxylic acid groups (broad SMARTS) is 1. The average Bonchev–Trinajstić information content (AvgIpc) is 2.70. The van der Waals surface area contributed by atoms with Gasteiger partial charge in [-0.3, -0.25) is 4.79 Å². The molecule has 1 aromatic carbocycles. The zero-order chi connectivity index (χ0) is 25.2. The molecule has 0 saturated carbocycles. The molecule has 1 aromatic rings. The minimum absolute atomic E-state index is 0.0423. The van der Waals surface area contributed by atoms with E-state index < -0.39 is 11.9 Å². The van der Waals surface area contributed by atoms with Crippen LogP contribution in [0, 0.1) is 5.92 Å². The lowest BCUT2D eigenvalue weighted by atomic mass is 9.74. The monoisotopic (exact) mass is 460 g/mol. The molecule has 190 valence electrons. The Bertz CT molecular complexity index is 686. The van der Waals surface area contributed by atoms with Gasteiger partial charge in [0.05, 0.1) is 5.92 Å². The summed E-state index contributed by atoms with van der Waals surface area (Å²) in [6.45, 7) is 16.7. The van der Waals surface area contributed by atoms with Crippen LogP contribution in [0.4, 0.5) is 0 Å². The Kier molecular flexibility index (Phi) is 12.0. The van der Waals surface area contributed by atoms with E-state index in [1.54, 1.807) is 0 Å². The van der Waals surface area contributed by atoms with Crippen LogP contribution in [0.2, 0.25) is 0 Å². The van der Waals surface area contributed by atoms with Crippen molar-refractivity contribution in [2.45, 2.75) is 143 Å². The predicted molar refractivity (Wildman–Crippen MR) is 142 cm³/mol. The number of carboxylic acids is 1. The van der Waals surface area contributed by atoms with Crippen molar-refractivity contribution in [2.24, 2.45) is 5.92 Å². The molecular weight excluding hydrogens is 408 g/mol. The average molecular weight is 461 g/mol. The second kappa shape index (κ2) is 13.4. The summed E-state index contributed by atoms with van der Waals surface area (Å²) in [6, 6.07) is 4.15. The topological polar surface area (TPSA) is 57.5 Å². The van der Waals surface area contributed by atoms with Gasteiger partial charge in [-0.05, 0) is 39.9 Å². The number of hydrogen-bond acceptors (Lipinski definition) is 2. The summed E-state index contributed by atoms with van der Waals surface area (Å²) in [6.07, 6.45) is 13.7. The maximum Gasteiger partial charge on any atom is 0.306 e. The van der Waals surface area contributed by atoms with E-state index >= 15 is 0 Å². The van der Waals surface area contributed by atoms with Gasteiger partial charge >= 0.3 is 5.97 Å². The van der Waals surface area contributed by atoms with Gasteiger partial charge in [-0.2, -0.15) is 0 Å². The molecule has 0 amide bonds. The van der Waals surface area contributed by atoms with E-state index in [0.29, 0.717) is 5.75 Å². The summed E-state index contributed by atoms with van der Waals surface area (Å²) in [5.74, 6) is -0.873. The lowest BCUT2D eigenvalue weighted by molar-refractivity contribution is -0.142. The summed E-state index contributed by atoms with van der Waals surface area (Å²) in [5, 5.41) is 20.9. The molecule has 2 atom stereocenters. The first-order valence-electron chi connectivity index (χ1n) is 13.4. The van der Waals surface area contributed by atoms with E-state index in [1.807, 2.05) is 6.92 Å². The van der Waals surface area contributed by atoms with Crippen LogP contribution >= 0.6 is 0 Å². The van der Waals surface area contributed by atoms with Crippen LogP contribution in [0.1, 0.15) is 149 Å². The zero-order valence-corrected chi connectivity index (χ0v) is 22.9. The molecule has 0 heterocycles. The molecule has 0 bridgehead atoms. The van der Waals surface area contributed by atoms with Crippen molar-refractivity contribution in [3.63, 3.8) is 0 Å². The van der Waals surface area contributed by atoms with Crippen molar-refractivity contribution >= 4 is 5.97 Å². The summed E-state index contributed by atoms with van der Waals surface area (Å²) >= 11 is 0. The molecule has 3 nitrogen and oxygen atoms in total. The Hall–Kier alpha value is -1.51. The largest absolute Gasteiger partial charge is 0.507 e. The fraction of sp³-hybridized carbons (Fsp3) is 0.767. The van der Waals surface area contributed by atoms with E-state index in [4.69, 9.17) is 0 Å². The molecule has 0 saturated heterocycles. The van der Waals surface area contributed by atoms with E-state index in [-0.39, 0.29) is 16.7 Å². The van der Waals surface area contributed by atoms with Gasteiger partial charge in [0.1, 0.15) is 5.75 Å². The maximum atomic E-state index is 12.0. The molecule has 0 aliphatic rings. The summed E-state index contributed by atoms with van der Waals surface area (Å²) in [7, 11) is 0. The van der Waals surface area contributed by atoms with Crippen molar-refractivity contribution < 1.29 is 15.0 Å². The van der Waals surface area contributed by atoms with Crippen molar-refractivity contribution in [1.82, 2.24) is 0 Å². The number of benzene rings is 1. The van der Waals surface area contributed by atoms with Gasteiger partial charge in [0, 0.05) is 0 Å². The molecule has 2 unspecified atom stereocenters. The Morgan fingerprint density at radius 2 is 1.18 bits per heavy atom. The number of aromatic hydroxyl groups is 1. The SMILES string of the molecule is CCCCCCCCCCCCC(c1cc(C(C)(C)C)c(O)c(C(C)(C)C)c1)C(C)C(=O)O. The van der Waals surface area contributed by atoms with Crippen LogP contribution in [0.3, 0.4) is 0 Å². The van der Waals surface area contributed by atoms with E-state index in [9.17, 15) is 15.0 Å². The normalized spacial score (nSPS) is 14.3. The Balaban J connectivity index is 2.94. The van der Waals surface area contributed by atoms with Crippen molar-refractivity contribution in [1.29, 1.82) is 0 Å². The van der Waals surface area contributed by atoms with E-state index in [2.05, 4.69) is 60.6 Å². The highest BCUT2D eigenvalue weighted by Crippen LogP contribution is 2.43. The van der Waals surface area contributed by atoms with Gasteiger partial charge in [-0.15, -0.1) is 0 Å². The molecule has 0 aromatic heterocycles. The highest BCUT2D eigenvalue weighted by molar-refractivity contribution is 5.71. The summed E-state index contributed by atoms with van der Waals surface area (Å²) in [5.41, 5.74) is 2.46. The zero-order valence-electron chi connectivity index (χ0n) is 22.9. The van der Waals surface area contributed by atoms with Gasteiger partial charge in [0.25, 0.3) is 0 Å². The molecule has 1 rings (SSSR count). The van der Waals surface area contributed by atoms with Gasteiger partial charge in [0.2, 0.25) is 0 Å². The Morgan fingerprint density at radius 3 is 1.55 bits per heavy atom. The maximum absolute atomic E-state index is 12.0. The third-order valence-corrected chi connectivity index (χ3v) is 7.04. The highest BCUT2D eigenvalue weighted by Gasteiger charge is 2.31. The Morgan fingerprint density at radius 1 is 0.788 bits per heavy atom. The standard InChI is InChI=1S/C30H52O3/c1-9-10-11-12-13-14-15-16-17-18-19-24(22(2)28(32)33)23-20-25(29(3,4)5)27(31)26(21-23)30(6,7)8/h20-22,24,31H,9-19H2,1-8H3,(H,32,33). The number of hydrogen-bond donors (Lipinski definition) is 2. The number of unbranched alkanes of at least 4 members (excludes halogenated alkanes) is 9. The fourth-order valence-electron chi connectivity index (χ4n) is 4.74. The third-order valence-electron chi connectivity index (χ3n) is 7.04. The molecular formula is C30H52O3. The molecule has 2 N–H and O–H groups in total. The summed E-state index contributed by atoms with van der Waals surface area (Å²) in [4.78, 5) is 12.0. The number of carbonyl (C=O) groups is 1. The van der Waals surface area contributed by atoms with Crippen molar-refractivity contribution in [3.05, 3.63) is 28.8 Å². The molecule has 33 heavy (non-hydrogen) atoms. The van der Waals surface area contributed by atoms with E-state index in [0.717, 1.165) is 36.0 Å². The number of phenols is 1. The number of phenolic OH excluding ortho intramolecular Hbond substituents is 1. The van der Waals surface area contributed by atoms with Gasteiger partial charge in [-0.25, -0.2) is 0 Å². The minimum Gasteiger partial charge on any atom is -0.507 e. The molecule has 0 radical (unpaired) electrons. The van der Waals surface area contributed by atoms with Gasteiger partial charge < -0.3 is 10.2 Å². The van der Waals surface area contributed by atoms with Crippen LogP contribution < -0.4 is 0 Å². The van der Waals surface area contributed by atoms with Gasteiger partial charge in [0.15, 0.2) is 0 Å². The lowest BCUT2D eigenvalue weighted by Gasteiger charge is -2.31. The number of aliphatic carboxylic acids is 1. The van der Waals surface area contributed by atoms with Crippen LogP contribution in [0.15, 0.2) is 12.1 Å². The van der Waals surface area contributed by atoms with Crippen molar-refractivity contribution in [2.75, 3.05) is 0 Å².